The highest BCUT2D eigenvalue weighted by Gasteiger charge is 2.23. The predicted octanol–water partition coefficient (Wildman–Crippen LogP) is 1.56. The van der Waals surface area contributed by atoms with Crippen molar-refractivity contribution in [3.63, 3.8) is 0 Å². The monoisotopic (exact) mass is 301 g/mol. The normalized spacial score (nSPS) is 16.6. The van der Waals surface area contributed by atoms with E-state index in [1.54, 1.807) is 11.7 Å². The van der Waals surface area contributed by atoms with Gasteiger partial charge < -0.3 is 10.1 Å². The van der Waals surface area contributed by atoms with E-state index in [2.05, 4.69) is 20.9 Å². The summed E-state index contributed by atoms with van der Waals surface area (Å²) in [7, 11) is 1.78. The number of hydrogen-bond donors (Lipinski definition) is 2. The molecule has 0 spiro atoms. The van der Waals surface area contributed by atoms with Crippen LogP contribution in [0, 0.1) is 13.8 Å². The van der Waals surface area contributed by atoms with Crippen LogP contribution < -0.4 is 15.4 Å². The van der Waals surface area contributed by atoms with Crippen LogP contribution in [0.25, 0.3) is 0 Å². The third-order valence-corrected chi connectivity index (χ3v) is 3.86. The molecule has 1 aliphatic heterocycles. The van der Waals surface area contributed by atoms with Crippen LogP contribution in [0.2, 0.25) is 0 Å². The van der Waals surface area contributed by atoms with Crippen molar-refractivity contribution in [2.24, 2.45) is 7.05 Å². The molecule has 22 heavy (non-hydrogen) atoms. The number of rotatable bonds is 2. The van der Waals surface area contributed by atoms with Gasteiger partial charge in [-0.3, -0.25) is 10.00 Å². The number of fused-ring (bicyclic) bond motifs is 1. The minimum Gasteiger partial charge on any atom is -0.491 e. The molecule has 7 heteroatoms. The maximum absolute atomic E-state index is 12.1. The Labute approximate surface area is 128 Å². The molecule has 0 saturated heterocycles. The zero-order chi connectivity index (χ0) is 15.7. The van der Waals surface area contributed by atoms with Gasteiger partial charge in [0, 0.05) is 7.05 Å². The quantitative estimate of drug-likeness (QED) is 0.882. The van der Waals surface area contributed by atoms with E-state index in [0.29, 0.717) is 12.4 Å². The van der Waals surface area contributed by atoms with Crippen LogP contribution in [0.15, 0.2) is 18.2 Å². The van der Waals surface area contributed by atoms with E-state index in [4.69, 9.17) is 4.74 Å². The molecule has 1 aromatic carbocycles. The molecule has 0 aliphatic carbocycles. The van der Waals surface area contributed by atoms with E-state index in [1.165, 1.54) is 0 Å². The SMILES string of the molecule is Cc1cccc2c1OCC(NC(=O)Nc1nnn(C)c1C)C2. The van der Waals surface area contributed by atoms with Gasteiger partial charge in [0.25, 0.3) is 0 Å². The Balaban J connectivity index is 1.62. The number of ether oxygens (including phenoxy) is 1. The van der Waals surface area contributed by atoms with Crippen LogP contribution >= 0.6 is 0 Å². The number of carbonyl (C=O) groups excluding carboxylic acids is 1. The lowest BCUT2D eigenvalue weighted by Gasteiger charge is -2.27. The lowest BCUT2D eigenvalue weighted by atomic mass is 10.0. The second-order valence-corrected chi connectivity index (χ2v) is 5.52. The maximum Gasteiger partial charge on any atom is 0.320 e. The third-order valence-electron chi connectivity index (χ3n) is 3.86. The highest BCUT2D eigenvalue weighted by atomic mass is 16.5. The van der Waals surface area contributed by atoms with Gasteiger partial charge in [-0.25, -0.2) is 4.79 Å². The van der Waals surface area contributed by atoms with Gasteiger partial charge in [-0.1, -0.05) is 23.4 Å². The average Bonchev–Trinajstić information content (AvgIpc) is 2.79. The van der Waals surface area contributed by atoms with Crippen molar-refractivity contribution in [1.82, 2.24) is 20.3 Å². The summed E-state index contributed by atoms with van der Waals surface area (Å²) in [6.45, 7) is 4.33. The molecule has 0 radical (unpaired) electrons. The number of urea groups is 1. The number of aryl methyl sites for hydroxylation is 2. The first-order valence-electron chi connectivity index (χ1n) is 7.19. The van der Waals surface area contributed by atoms with Crippen LogP contribution in [-0.2, 0) is 13.5 Å². The van der Waals surface area contributed by atoms with Gasteiger partial charge >= 0.3 is 6.03 Å². The molecule has 1 aromatic heterocycles. The fourth-order valence-electron chi connectivity index (χ4n) is 2.53. The van der Waals surface area contributed by atoms with Crippen molar-refractivity contribution in [3.05, 3.63) is 35.0 Å². The van der Waals surface area contributed by atoms with E-state index in [9.17, 15) is 4.79 Å². The molecule has 1 aliphatic rings. The summed E-state index contributed by atoms with van der Waals surface area (Å²) < 4.78 is 7.38. The highest BCUT2D eigenvalue weighted by Crippen LogP contribution is 2.28. The molecule has 2 amide bonds. The summed E-state index contributed by atoms with van der Waals surface area (Å²) in [5, 5.41) is 13.4. The molecule has 7 nitrogen and oxygen atoms in total. The number of nitrogens with one attached hydrogen (secondary N) is 2. The summed E-state index contributed by atoms with van der Waals surface area (Å²) in [6, 6.07) is 5.69. The standard InChI is InChI=1S/C15H19N5O2/c1-9-5-4-6-11-7-12(8-22-13(9)11)16-15(21)17-14-10(2)20(3)19-18-14/h4-6,12H,7-8H2,1-3H3,(H2,16,17,21). The van der Waals surface area contributed by atoms with E-state index in [-0.39, 0.29) is 12.1 Å². The van der Waals surface area contributed by atoms with Crippen molar-refractivity contribution in [3.8, 4) is 5.75 Å². The highest BCUT2D eigenvalue weighted by molar-refractivity contribution is 5.88. The Morgan fingerprint density at radius 1 is 1.41 bits per heavy atom. The third kappa shape index (κ3) is 2.74. The minimum absolute atomic E-state index is 0.0636. The number of para-hydroxylation sites is 1. The summed E-state index contributed by atoms with van der Waals surface area (Å²) in [5.74, 6) is 1.40. The average molecular weight is 301 g/mol. The van der Waals surface area contributed by atoms with Crippen molar-refractivity contribution in [2.45, 2.75) is 26.3 Å². The second kappa shape index (κ2) is 5.67. The van der Waals surface area contributed by atoms with E-state index < -0.39 is 0 Å². The van der Waals surface area contributed by atoms with Crippen molar-refractivity contribution < 1.29 is 9.53 Å². The molecule has 0 bridgehead atoms. The van der Waals surface area contributed by atoms with Crippen LogP contribution in [-0.4, -0.2) is 33.7 Å². The fourth-order valence-corrected chi connectivity index (χ4v) is 2.53. The molecule has 1 unspecified atom stereocenters. The smallest absolute Gasteiger partial charge is 0.320 e. The van der Waals surface area contributed by atoms with Gasteiger partial charge in [0.05, 0.1) is 11.7 Å². The first-order chi connectivity index (χ1) is 10.5. The summed E-state index contributed by atoms with van der Waals surface area (Å²) >= 11 is 0. The molecule has 3 rings (SSSR count). The van der Waals surface area contributed by atoms with Crippen molar-refractivity contribution >= 4 is 11.8 Å². The van der Waals surface area contributed by atoms with Gasteiger partial charge in [-0.15, -0.1) is 5.10 Å². The molecule has 116 valence electrons. The minimum atomic E-state index is -0.298. The number of carbonyl (C=O) groups is 1. The summed E-state index contributed by atoms with van der Waals surface area (Å²) in [6.07, 6.45) is 0.754. The Bertz CT molecular complexity index is 710. The second-order valence-electron chi connectivity index (χ2n) is 5.52. The van der Waals surface area contributed by atoms with E-state index >= 15 is 0 Å². The van der Waals surface area contributed by atoms with Gasteiger partial charge in [-0.05, 0) is 31.4 Å². The van der Waals surface area contributed by atoms with Crippen LogP contribution in [0.4, 0.5) is 10.6 Å². The molecule has 0 saturated carbocycles. The number of benzene rings is 1. The number of hydrogen-bond acceptors (Lipinski definition) is 4. The van der Waals surface area contributed by atoms with Crippen molar-refractivity contribution in [2.75, 3.05) is 11.9 Å². The fraction of sp³-hybridized carbons (Fsp3) is 0.400. The molecule has 2 N–H and O–H groups in total. The Morgan fingerprint density at radius 3 is 2.95 bits per heavy atom. The summed E-state index contributed by atoms with van der Waals surface area (Å²) in [5.41, 5.74) is 3.04. The first-order valence-corrected chi connectivity index (χ1v) is 7.19. The van der Waals surface area contributed by atoms with E-state index in [1.807, 2.05) is 32.0 Å². The Morgan fingerprint density at radius 2 is 2.23 bits per heavy atom. The molecule has 0 fully saturated rings. The van der Waals surface area contributed by atoms with Gasteiger partial charge in [0.2, 0.25) is 0 Å². The molecule has 1 atom stereocenters. The van der Waals surface area contributed by atoms with Gasteiger partial charge in [0.15, 0.2) is 5.82 Å². The lowest BCUT2D eigenvalue weighted by molar-refractivity contribution is 0.222. The van der Waals surface area contributed by atoms with Gasteiger partial charge in [-0.2, -0.15) is 0 Å². The maximum atomic E-state index is 12.1. The number of anilines is 1. The largest absolute Gasteiger partial charge is 0.491 e. The molecule has 2 heterocycles. The van der Waals surface area contributed by atoms with Crippen molar-refractivity contribution in [1.29, 1.82) is 0 Å². The lowest BCUT2D eigenvalue weighted by Crippen LogP contribution is -2.44. The Kier molecular flexibility index (Phi) is 3.70. The summed E-state index contributed by atoms with van der Waals surface area (Å²) in [4.78, 5) is 12.1. The Hall–Kier alpha value is -2.57. The zero-order valence-electron chi connectivity index (χ0n) is 12.9. The number of aromatic nitrogens is 3. The zero-order valence-corrected chi connectivity index (χ0v) is 12.9. The molecule has 2 aromatic rings. The first kappa shape index (κ1) is 14.4. The molecular weight excluding hydrogens is 282 g/mol. The van der Waals surface area contributed by atoms with Crippen LogP contribution in [0.5, 0.6) is 5.75 Å². The molecular formula is C15H19N5O2. The predicted molar refractivity (Wildman–Crippen MR) is 82.1 cm³/mol. The number of nitrogens with zero attached hydrogens (tertiary/aromatic N) is 3. The topological polar surface area (TPSA) is 81.1 Å². The van der Waals surface area contributed by atoms with Crippen LogP contribution in [0.1, 0.15) is 16.8 Å². The van der Waals surface area contributed by atoms with Gasteiger partial charge in [0.1, 0.15) is 12.4 Å². The number of amides is 2. The van der Waals surface area contributed by atoms with E-state index in [0.717, 1.165) is 29.0 Å². The van der Waals surface area contributed by atoms with Crippen LogP contribution in [0.3, 0.4) is 0 Å².